The SMILES string of the molecule is Cc1noc(C)c1-c1cnc2c(-c3ccc4c(c3)CCOC4=O)cn(CC3CCC(C)(F)CC3)c2c1. The molecule has 0 bridgehead atoms. The number of halogens is 1. The highest BCUT2D eigenvalue weighted by Crippen LogP contribution is 2.38. The first-order valence-electron chi connectivity index (χ1n) is 12.7. The Balaban J connectivity index is 1.45. The van der Waals surface area contributed by atoms with Gasteiger partial charge in [0.1, 0.15) is 11.4 Å². The van der Waals surface area contributed by atoms with Crippen LogP contribution in [-0.4, -0.2) is 33.0 Å². The van der Waals surface area contributed by atoms with Crippen LogP contribution in [0.1, 0.15) is 60.0 Å². The van der Waals surface area contributed by atoms with Crippen molar-refractivity contribution in [1.29, 1.82) is 0 Å². The van der Waals surface area contributed by atoms with Gasteiger partial charge in [0.2, 0.25) is 0 Å². The third-order valence-corrected chi connectivity index (χ3v) is 7.88. The molecule has 0 spiro atoms. The van der Waals surface area contributed by atoms with Crippen LogP contribution in [0, 0.1) is 19.8 Å². The molecule has 7 heteroatoms. The second-order valence-corrected chi connectivity index (χ2v) is 10.6. The number of rotatable bonds is 4. The molecule has 0 radical (unpaired) electrons. The summed E-state index contributed by atoms with van der Waals surface area (Å²) in [7, 11) is 0. The summed E-state index contributed by atoms with van der Waals surface area (Å²) in [6.07, 6.45) is 7.72. The fraction of sp³-hybridized carbons (Fsp3) is 0.414. The van der Waals surface area contributed by atoms with Crippen LogP contribution in [-0.2, 0) is 17.7 Å². The molecule has 0 N–H and O–H groups in total. The minimum Gasteiger partial charge on any atom is -0.462 e. The standard InChI is InChI=1S/C29H30FN3O3/c1-17-26(18(2)36-32-17)22-13-25-27(31-14-22)24(16-33(25)15-19-6-9-29(3,30)10-7-19)20-4-5-23-21(12-20)8-11-35-28(23)34/h4-5,12-14,16,19H,6-11,15H2,1-3H3. The van der Waals surface area contributed by atoms with Crippen LogP contribution in [0.3, 0.4) is 0 Å². The Bertz CT molecular complexity index is 1450. The van der Waals surface area contributed by atoms with E-state index in [0.29, 0.717) is 37.4 Å². The Kier molecular flexibility index (Phi) is 5.47. The second-order valence-electron chi connectivity index (χ2n) is 10.6. The van der Waals surface area contributed by atoms with Gasteiger partial charge in [-0.2, -0.15) is 0 Å². The lowest BCUT2D eigenvalue weighted by atomic mass is 9.81. The van der Waals surface area contributed by atoms with E-state index < -0.39 is 5.67 Å². The number of hydrogen-bond acceptors (Lipinski definition) is 5. The third-order valence-electron chi connectivity index (χ3n) is 7.88. The quantitative estimate of drug-likeness (QED) is 0.303. The molecular formula is C29H30FN3O3. The van der Waals surface area contributed by atoms with Crippen LogP contribution in [0.5, 0.6) is 0 Å². The Labute approximate surface area is 209 Å². The zero-order valence-electron chi connectivity index (χ0n) is 20.9. The highest BCUT2D eigenvalue weighted by Gasteiger charge is 2.31. The minimum atomic E-state index is -1.05. The molecule has 0 unspecified atom stereocenters. The summed E-state index contributed by atoms with van der Waals surface area (Å²) < 4.78 is 27.3. The number of carbonyl (C=O) groups is 1. The summed E-state index contributed by atoms with van der Waals surface area (Å²) in [4.78, 5) is 17.1. The highest BCUT2D eigenvalue weighted by molar-refractivity contribution is 5.97. The molecular weight excluding hydrogens is 457 g/mol. The number of benzene rings is 1. The third kappa shape index (κ3) is 4.00. The van der Waals surface area contributed by atoms with E-state index in [2.05, 4.69) is 28.1 Å². The van der Waals surface area contributed by atoms with Crippen molar-refractivity contribution >= 4 is 17.0 Å². The molecule has 1 aliphatic heterocycles. The van der Waals surface area contributed by atoms with E-state index in [0.717, 1.165) is 69.7 Å². The van der Waals surface area contributed by atoms with Crippen molar-refractivity contribution in [2.75, 3.05) is 6.61 Å². The van der Waals surface area contributed by atoms with Gasteiger partial charge in [0, 0.05) is 42.0 Å². The predicted molar refractivity (Wildman–Crippen MR) is 136 cm³/mol. The van der Waals surface area contributed by atoms with E-state index in [1.807, 2.05) is 32.2 Å². The predicted octanol–water partition coefficient (Wildman–Crippen LogP) is 6.61. The molecule has 1 aromatic carbocycles. The minimum absolute atomic E-state index is 0.260. The average molecular weight is 488 g/mol. The Morgan fingerprint density at radius 3 is 2.69 bits per heavy atom. The number of pyridine rings is 1. The monoisotopic (exact) mass is 487 g/mol. The largest absolute Gasteiger partial charge is 0.462 e. The van der Waals surface area contributed by atoms with Crippen molar-refractivity contribution in [3.8, 4) is 22.3 Å². The van der Waals surface area contributed by atoms with Gasteiger partial charge in [-0.05, 0) is 75.6 Å². The Morgan fingerprint density at radius 2 is 1.94 bits per heavy atom. The second kappa shape index (κ2) is 8.57. The molecule has 3 aromatic heterocycles. The summed E-state index contributed by atoms with van der Waals surface area (Å²) in [6, 6.07) is 8.09. The smallest absolute Gasteiger partial charge is 0.338 e. The molecule has 2 aliphatic rings. The molecule has 6 rings (SSSR count). The zero-order valence-corrected chi connectivity index (χ0v) is 20.9. The number of carbonyl (C=O) groups excluding carboxylic acids is 1. The van der Waals surface area contributed by atoms with E-state index in [9.17, 15) is 9.18 Å². The molecule has 0 atom stereocenters. The Hall–Kier alpha value is -3.48. The van der Waals surface area contributed by atoms with Crippen LogP contribution in [0.4, 0.5) is 4.39 Å². The highest BCUT2D eigenvalue weighted by atomic mass is 19.1. The number of hydrogen-bond donors (Lipinski definition) is 0. The van der Waals surface area contributed by atoms with Crippen molar-refractivity contribution in [2.45, 2.75) is 65.1 Å². The summed E-state index contributed by atoms with van der Waals surface area (Å²) in [6.45, 7) is 6.80. The maximum absolute atomic E-state index is 14.4. The van der Waals surface area contributed by atoms with Gasteiger partial charge in [0.25, 0.3) is 0 Å². The van der Waals surface area contributed by atoms with Gasteiger partial charge in [-0.3, -0.25) is 4.98 Å². The van der Waals surface area contributed by atoms with Crippen molar-refractivity contribution in [3.63, 3.8) is 0 Å². The number of alkyl halides is 1. The summed E-state index contributed by atoms with van der Waals surface area (Å²) in [5.74, 6) is 0.922. The molecule has 4 heterocycles. The fourth-order valence-electron chi connectivity index (χ4n) is 5.80. The van der Waals surface area contributed by atoms with Crippen LogP contribution in [0.25, 0.3) is 33.3 Å². The molecule has 1 fully saturated rings. The van der Waals surface area contributed by atoms with Gasteiger partial charge in [-0.25, -0.2) is 9.18 Å². The number of esters is 1. The summed E-state index contributed by atoms with van der Waals surface area (Å²) in [5, 5.41) is 4.12. The molecule has 1 aliphatic carbocycles. The van der Waals surface area contributed by atoms with E-state index in [-0.39, 0.29) is 5.97 Å². The zero-order chi connectivity index (χ0) is 25.0. The van der Waals surface area contributed by atoms with Crippen molar-refractivity contribution < 1.29 is 18.4 Å². The lowest BCUT2D eigenvalue weighted by molar-refractivity contribution is 0.0480. The maximum atomic E-state index is 14.4. The van der Waals surface area contributed by atoms with E-state index in [1.54, 1.807) is 6.92 Å². The van der Waals surface area contributed by atoms with Gasteiger partial charge < -0.3 is 13.8 Å². The Morgan fingerprint density at radius 1 is 1.14 bits per heavy atom. The average Bonchev–Trinajstić information content (AvgIpc) is 3.39. The molecule has 186 valence electrons. The first kappa shape index (κ1) is 23.0. The lowest BCUT2D eigenvalue weighted by Gasteiger charge is -2.31. The van der Waals surface area contributed by atoms with Crippen LogP contribution >= 0.6 is 0 Å². The van der Waals surface area contributed by atoms with Gasteiger partial charge in [0.05, 0.1) is 28.9 Å². The summed E-state index contributed by atoms with van der Waals surface area (Å²) >= 11 is 0. The summed E-state index contributed by atoms with van der Waals surface area (Å²) in [5.41, 5.74) is 7.38. The topological polar surface area (TPSA) is 70.2 Å². The molecule has 4 aromatic rings. The molecule has 0 saturated heterocycles. The molecule has 36 heavy (non-hydrogen) atoms. The van der Waals surface area contributed by atoms with Crippen molar-refractivity contribution in [3.05, 3.63) is 59.2 Å². The van der Waals surface area contributed by atoms with Crippen molar-refractivity contribution in [1.82, 2.24) is 14.7 Å². The van der Waals surface area contributed by atoms with E-state index in [1.165, 1.54) is 0 Å². The molecule has 6 nitrogen and oxygen atoms in total. The molecule has 0 amide bonds. The van der Waals surface area contributed by atoms with Gasteiger partial charge >= 0.3 is 5.97 Å². The van der Waals surface area contributed by atoms with Gasteiger partial charge in [0.15, 0.2) is 0 Å². The maximum Gasteiger partial charge on any atom is 0.338 e. The number of aromatic nitrogens is 3. The van der Waals surface area contributed by atoms with Gasteiger partial charge in [-0.15, -0.1) is 0 Å². The van der Waals surface area contributed by atoms with E-state index in [4.69, 9.17) is 14.2 Å². The normalized spacial score (nSPS) is 22.0. The van der Waals surface area contributed by atoms with E-state index >= 15 is 0 Å². The number of ether oxygens (including phenoxy) is 1. The number of fused-ring (bicyclic) bond motifs is 2. The molecule has 1 saturated carbocycles. The first-order chi connectivity index (χ1) is 17.3. The van der Waals surface area contributed by atoms with Gasteiger partial charge in [-0.1, -0.05) is 17.3 Å². The van der Waals surface area contributed by atoms with Crippen LogP contribution in [0.15, 0.2) is 41.2 Å². The number of aryl methyl sites for hydroxylation is 2. The fourth-order valence-corrected chi connectivity index (χ4v) is 5.80. The van der Waals surface area contributed by atoms with Crippen LogP contribution < -0.4 is 0 Å². The van der Waals surface area contributed by atoms with Crippen LogP contribution in [0.2, 0.25) is 0 Å². The lowest BCUT2D eigenvalue weighted by Crippen LogP contribution is -2.27. The number of cyclic esters (lactones) is 1. The first-order valence-corrected chi connectivity index (χ1v) is 12.7. The van der Waals surface area contributed by atoms with Crippen molar-refractivity contribution in [2.24, 2.45) is 5.92 Å². The number of nitrogens with zero attached hydrogens (tertiary/aromatic N) is 3.